The van der Waals surface area contributed by atoms with Crippen molar-refractivity contribution < 1.29 is 30.5 Å². The fourth-order valence-corrected chi connectivity index (χ4v) is 0.494. The summed E-state index contributed by atoms with van der Waals surface area (Å²) in [4.78, 5) is 0. The molecule has 0 rings (SSSR count). The summed E-state index contributed by atoms with van der Waals surface area (Å²) in [5, 5.41) is 0. The van der Waals surface area contributed by atoms with Gasteiger partial charge in [-0.05, 0) is 0 Å². The van der Waals surface area contributed by atoms with Crippen molar-refractivity contribution in [2.24, 2.45) is 0 Å². The van der Waals surface area contributed by atoms with Crippen LogP contribution in [-0.4, -0.2) is 6.18 Å². The average molecular weight is 252 g/mol. The molecular weight excluding hydrogens is 242 g/mol. The molecule has 0 saturated heterocycles. The molecule has 0 nitrogen and oxygen atoms in total. The van der Waals surface area contributed by atoms with Gasteiger partial charge in [-0.15, -0.1) is 0 Å². The summed E-state index contributed by atoms with van der Waals surface area (Å²) < 4.78 is 34.0. The summed E-state index contributed by atoms with van der Waals surface area (Å²) in [7, 11) is 4.76. The van der Waals surface area contributed by atoms with Crippen LogP contribution in [0, 0.1) is 6.08 Å². The number of alkyl halides is 3. The van der Waals surface area contributed by atoms with E-state index in [4.69, 9.17) is 9.69 Å². The van der Waals surface area contributed by atoms with Gasteiger partial charge in [-0.2, -0.15) is 0 Å². The van der Waals surface area contributed by atoms with E-state index in [1.807, 2.05) is 6.92 Å². The predicted molar refractivity (Wildman–Crippen MR) is 39.2 cm³/mol. The molecule has 0 saturated carbocycles. The minimum atomic E-state index is -4.26. The van der Waals surface area contributed by atoms with Crippen molar-refractivity contribution in [1.82, 2.24) is 0 Å². The molecule has 0 aromatic heterocycles. The minimum absolute atomic E-state index is 0.468. The average Bonchev–Trinajstić information content (AvgIpc) is 2.01. The van der Waals surface area contributed by atoms with Crippen LogP contribution in [0.5, 0.6) is 0 Å². The van der Waals surface area contributed by atoms with Crippen molar-refractivity contribution in [3.63, 3.8) is 0 Å². The Kier molecular flexibility index (Phi) is 11.9. The molecule has 0 spiro atoms. The zero-order chi connectivity index (χ0) is 10.0. The Labute approximate surface area is 84.9 Å². The molecule has 0 heterocycles. The van der Waals surface area contributed by atoms with Crippen LogP contribution in [0.2, 0.25) is 0 Å². The van der Waals surface area contributed by atoms with Gasteiger partial charge >= 0.3 is 27.0 Å². The number of halogens is 4. The van der Waals surface area contributed by atoms with Gasteiger partial charge in [0.25, 0.3) is 6.18 Å². The molecule has 0 radical (unpaired) electrons. The third kappa shape index (κ3) is 16.8. The van der Waals surface area contributed by atoms with E-state index < -0.39 is 6.18 Å². The fourth-order valence-electron chi connectivity index (χ4n) is 0.494. The molecule has 12 heavy (non-hydrogen) atoms. The van der Waals surface area contributed by atoms with Crippen molar-refractivity contribution >= 4 is 9.69 Å². The third-order valence-corrected chi connectivity index (χ3v) is 0.968. The van der Waals surface area contributed by atoms with Gasteiger partial charge in [0.2, 0.25) is 0 Å². The summed E-state index contributed by atoms with van der Waals surface area (Å²) in [5.41, 5.74) is 0. The first-order chi connectivity index (χ1) is 5.56. The standard InChI is InChI=1S/C7H10F3.ClH.Zn/c1-2-3-4-5-6-7(8,9)10;;/h5H,2-4H2,1H3;1H;/q-1;;+2/p-1. The molecule has 0 bridgehead atoms. The van der Waals surface area contributed by atoms with Crippen LogP contribution in [0.15, 0.2) is 6.08 Å². The second kappa shape index (κ2) is 9.53. The third-order valence-electron chi connectivity index (χ3n) is 0.968. The van der Waals surface area contributed by atoms with E-state index in [1.54, 1.807) is 0 Å². The number of unbranched alkanes of at least 4 members (excludes halogenated alkanes) is 2. The molecule has 0 atom stereocenters. The van der Waals surface area contributed by atoms with Crippen LogP contribution in [0.1, 0.15) is 26.2 Å². The van der Waals surface area contributed by atoms with Crippen molar-refractivity contribution in [2.45, 2.75) is 32.4 Å². The molecule has 0 aliphatic carbocycles. The number of hydrogen-bond donors (Lipinski definition) is 0. The number of rotatable bonds is 3. The quantitative estimate of drug-likeness (QED) is 0.407. The Hall–Kier alpha value is 0.443. The van der Waals surface area contributed by atoms with Crippen molar-refractivity contribution in [3.8, 4) is 0 Å². The monoisotopic (exact) mass is 250 g/mol. The van der Waals surface area contributed by atoms with E-state index in [-0.39, 0.29) is 0 Å². The molecular formula is C7H10ClF3Zn. The van der Waals surface area contributed by atoms with E-state index >= 15 is 0 Å². The molecule has 0 amide bonds. The van der Waals surface area contributed by atoms with E-state index in [9.17, 15) is 13.2 Å². The number of hydrogen-bond acceptors (Lipinski definition) is 0. The summed E-state index contributed by atoms with van der Waals surface area (Å²) in [6.45, 7) is 1.93. The van der Waals surface area contributed by atoms with Crippen molar-refractivity contribution in [2.75, 3.05) is 0 Å². The summed E-state index contributed by atoms with van der Waals surface area (Å²) in [6, 6.07) is 0. The van der Waals surface area contributed by atoms with Crippen LogP contribution in [0.25, 0.3) is 0 Å². The van der Waals surface area contributed by atoms with Gasteiger partial charge in [0.1, 0.15) is 0 Å². The molecule has 0 fully saturated rings. The normalized spacial score (nSPS) is 11.2. The first-order valence-corrected chi connectivity index (χ1v) is 7.39. The SMILES string of the molecule is CCCCC=[C-]C(F)(F)F.[Cl][Zn+]. The Balaban J connectivity index is 0. The first-order valence-electron chi connectivity index (χ1n) is 3.49. The maximum absolute atomic E-state index is 11.3. The second-order valence-corrected chi connectivity index (χ2v) is 1.99. The summed E-state index contributed by atoms with van der Waals surface area (Å²) in [6.07, 6.45) is 0.296. The zero-order valence-corrected chi connectivity index (χ0v) is 10.6. The molecule has 0 aliphatic rings. The Morgan fingerprint density at radius 3 is 2.25 bits per heavy atom. The van der Waals surface area contributed by atoms with Crippen LogP contribution in [-0.2, 0) is 17.3 Å². The Morgan fingerprint density at radius 2 is 1.92 bits per heavy atom. The van der Waals surface area contributed by atoms with Crippen LogP contribution in [0.3, 0.4) is 0 Å². The fraction of sp³-hybridized carbons (Fsp3) is 0.714. The topological polar surface area (TPSA) is 0 Å². The Bertz CT molecular complexity index is 112. The Morgan fingerprint density at radius 1 is 1.42 bits per heavy atom. The van der Waals surface area contributed by atoms with E-state index in [0.29, 0.717) is 6.42 Å². The summed E-state index contributed by atoms with van der Waals surface area (Å²) in [5.74, 6) is 0. The first kappa shape index (κ1) is 14.9. The molecule has 0 unspecified atom stereocenters. The molecule has 5 heteroatoms. The van der Waals surface area contributed by atoms with E-state index in [0.717, 1.165) is 36.2 Å². The summed E-state index contributed by atoms with van der Waals surface area (Å²) >= 11 is 0.847. The molecule has 68 valence electrons. The van der Waals surface area contributed by atoms with E-state index in [1.165, 1.54) is 6.08 Å². The molecule has 0 aromatic rings. The van der Waals surface area contributed by atoms with Crippen LogP contribution in [0.4, 0.5) is 13.2 Å². The molecule has 0 aromatic carbocycles. The van der Waals surface area contributed by atoms with Gasteiger partial charge < -0.3 is 6.08 Å². The van der Waals surface area contributed by atoms with Gasteiger partial charge in [-0.1, -0.05) is 26.2 Å². The van der Waals surface area contributed by atoms with Gasteiger partial charge in [-0.25, -0.2) is 13.2 Å². The van der Waals surface area contributed by atoms with Crippen LogP contribution >= 0.6 is 9.69 Å². The van der Waals surface area contributed by atoms with Gasteiger partial charge in [0, 0.05) is 0 Å². The zero-order valence-electron chi connectivity index (χ0n) is 6.92. The maximum atomic E-state index is 11.3. The molecule has 0 aliphatic heterocycles. The van der Waals surface area contributed by atoms with Gasteiger partial charge in [0.15, 0.2) is 0 Å². The van der Waals surface area contributed by atoms with Gasteiger partial charge in [-0.3, -0.25) is 6.08 Å². The predicted octanol–water partition coefficient (Wildman–Crippen LogP) is 3.79. The van der Waals surface area contributed by atoms with Crippen molar-refractivity contribution in [1.29, 1.82) is 0 Å². The number of allylic oxidation sites excluding steroid dienone is 2. The van der Waals surface area contributed by atoms with Crippen LogP contribution < -0.4 is 0 Å². The van der Waals surface area contributed by atoms with E-state index in [2.05, 4.69) is 0 Å². The van der Waals surface area contributed by atoms with Crippen molar-refractivity contribution in [3.05, 3.63) is 12.2 Å². The van der Waals surface area contributed by atoms with Gasteiger partial charge in [0.05, 0.1) is 0 Å². The molecule has 0 N–H and O–H groups in total. The second-order valence-electron chi connectivity index (χ2n) is 1.99.